The Hall–Kier alpha value is -1.10. The molecule has 27 heavy (non-hydrogen) atoms. The van der Waals surface area contributed by atoms with Gasteiger partial charge in [0, 0.05) is 26.2 Å². The highest BCUT2D eigenvalue weighted by atomic mass is 16.5. The van der Waals surface area contributed by atoms with E-state index in [0.717, 1.165) is 64.7 Å². The summed E-state index contributed by atoms with van der Waals surface area (Å²) in [6, 6.07) is 0. The van der Waals surface area contributed by atoms with Gasteiger partial charge in [0.1, 0.15) is 6.61 Å². The van der Waals surface area contributed by atoms with Gasteiger partial charge in [0.2, 0.25) is 11.8 Å². The molecule has 0 aromatic rings. The van der Waals surface area contributed by atoms with Crippen LogP contribution in [0.25, 0.3) is 0 Å². The molecule has 0 atom stereocenters. The Morgan fingerprint density at radius 3 is 1.78 bits per heavy atom. The molecule has 2 aliphatic heterocycles. The Kier molecular flexibility index (Phi) is 6.50. The Balaban J connectivity index is 1.41. The third-order valence-electron chi connectivity index (χ3n) is 7.25. The molecule has 154 valence electrons. The molecule has 0 aromatic carbocycles. The first-order chi connectivity index (χ1) is 12.8. The number of ether oxygens (including phenoxy) is 1. The molecule has 3 fully saturated rings. The van der Waals surface area contributed by atoms with E-state index in [0.29, 0.717) is 23.7 Å². The molecule has 5 heteroatoms. The van der Waals surface area contributed by atoms with E-state index in [-0.39, 0.29) is 24.0 Å². The molecule has 1 aliphatic carbocycles. The maximum Gasteiger partial charge on any atom is 0.248 e. The summed E-state index contributed by atoms with van der Waals surface area (Å²) in [6.07, 6.45) is 6.73. The molecule has 0 aromatic heterocycles. The van der Waals surface area contributed by atoms with E-state index in [4.69, 9.17) is 4.74 Å². The minimum absolute atomic E-state index is 0.0312. The lowest BCUT2D eigenvalue weighted by molar-refractivity contribution is -0.142. The molecule has 2 amide bonds. The van der Waals surface area contributed by atoms with Crippen LogP contribution in [0.2, 0.25) is 0 Å². The van der Waals surface area contributed by atoms with Gasteiger partial charge in [0.15, 0.2) is 0 Å². The van der Waals surface area contributed by atoms with Gasteiger partial charge in [-0.3, -0.25) is 9.59 Å². The zero-order chi connectivity index (χ0) is 19.6. The highest BCUT2D eigenvalue weighted by Crippen LogP contribution is 2.53. The molecule has 2 heterocycles. The van der Waals surface area contributed by atoms with Gasteiger partial charge in [-0.1, -0.05) is 13.8 Å². The Morgan fingerprint density at radius 2 is 1.37 bits per heavy atom. The van der Waals surface area contributed by atoms with E-state index < -0.39 is 0 Å². The minimum atomic E-state index is -0.0312. The van der Waals surface area contributed by atoms with Crippen molar-refractivity contribution < 1.29 is 14.3 Å². The largest absolute Gasteiger partial charge is 0.369 e. The van der Waals surface area contributed by atoms with Crippen LogP contribution in [0.5, 0.6) is 0 Å². The van der Waals surface area contributed by atoms with Crippen LogP contribution in [0.3, 0.4) is 0 Å². The fourth-order valence-corrected chi connectivity index (χ4v) is 5.01. The van der Waals surface area contributed by atoms with E-state index in [1.54, 1.807) is 0 Å². The summed E-state index contributed by atoms with van der Waals surface area (Å²) in [5, 5.41) is 0. The molecular formula is C22H38N2O3. The lowest BCUT2D eigenvalue weighted by Gasteiger charge is -2.41. The summed E-state index contributed by atoms with van der Waals surface area (Å²) in [5.74, 6) is 2.43. The number of carbonyl (C=O) groups is 2. The first-order valence-corrected chi connectivity index (χ1v) is 11.0. The number of carbonyl (C=O) groups excluding carboxylic acids is 2. The number of piperidine rings is 2. The minimum Gasteiger partial charge on any atom is -0.369 e. The van der Waals surface area contributed by atoms with Crippen LogP contribution in [-0.4, -0.2) is 60.5 Å². The van der Waals surface area contributed by atoms with Crippen LogP contribution in [0.1, 0.15) is 66.2 Å². The van der Waals surface area contributed by atoms with Crippen molar-refractivity contribution >= 4 is 11.8 Å². The predicted molar refractivity (Wildman–Crippen MR) is 106 cm³/mol. The highest BCUT2D eigenvalue weighted by molar-refractivity contribution is 5.85. The summed E-state index contributed by atoms with van der Waals surface area (Å²) in [4.78, 5) is 29.2. The van der Waals surface area contributed by atoms with Crippen molar-refractivity contribution in [1.82, 2.24) is 9.80 Å². The summed E-state index contributed by atoms with van der Waals surface area (Å²) >= 11 is 0. The van der Waals surface area contributed by atoms with Crippen LogP contribution in [0.4, 0.5) is 0 Å². The van der Waals surface area contributed by atoms with E-state index in [2.05, 4.69) is 18.7 Å². The number of amides is 2. The van der Waals surface area contributed by atoms with Crippen LogP contribution >= 0.6 is 0 Å². The number of nitrogens with zero attached hydrogens (tertiary/aromatic N) is 2. The van der Waals surface area contributed by atoms with Gasteiger partial charge in [-0.05, 0) is 70.1 Å². The Morgan fingerprint density at radius 1 is 0.889 bits per heavy atom. The summed E-state index contributed by atoms with van der Waals surface area (Å²) < 4.78 is 5.45. The fourth-order valence-electron chi connectivity index (χ4n) is 5.01. The topological polar surface area (TPSA) is 49.9 Å². The second-order valence-electron chi connectivity index (χ2n) is 9.52. The number of rotatable bonds is 6. The van der Waals surface area contributed by atoms with Gasteiger partial charge in [-0.2, -0.15) is 0 Å². The van der Waals surface area contributed by atoms with Crippen molar-refractivity contribution in [3.8, 4) is 0 Å². The highest BCUT2D eigenvalue weighted by Gasteiger charge is 2.54. The number of likely N-dealkylation sites (tertiary alicyclic amines) is 2. The maximum absolute atomic E-state index is 12.9. The molecule has 2 saturated heterocycles. The van der Waals surface area contributed by atoms with E-state index >= 15 is 0 Å². The summed E-state index contributed by atoms with van der Waals surface area (Å²) in [5.41, 5.74) is -0.0312. The molecule has 3 aliphatic rings. The second kappa shape index (κ2) is 8.50. The van der Waals surface area contributed by atoms with Crippen molar-refractivity contribution in [3.63, 3.8) is 0 Å². The molecule has 0 radical (unpaired) electrons. The van der Waals surface area contributed by atoms with Gasteiger partial charge in [-0.15, -0.1) is 0 Å². The third kappa shape index (κ3) is 4.67. The first-order valence-electron chi connectivity index (χ1n) is 11.0. The van der Waals surface area contributed by atoms with E-state index in [1.165, 1.54) is 0 Å². The van der Waals surface area contributed by atoms with Crippen molar-refractivity contribution in [2.45, 2.75) is 72.3 Å². The normalized spacial score (nSPS) is 23.9. The first kappa shape index (κ1) is 20.6. The van der Waals surface area contributed by atoms with Gasteiger partial charge in [0.05, 0.1) is 11.5 Å². The number of hydrogen-bond acceptors (Lipinski definition) is 3. The zero-order valence-electron chi connectivity index (χ0n) is 17.7. The monoisotopic (exact) mass is 378 g/mol. The standard InChI is InChI=1S/C22H38N2O3/c1-16(2)22(9-10-22)21(26)24-13-7-19(8-14-24)18-5-11-23(12-6-18)20(25)15-27-17(3)4/h16-19H,5-15H2,1-4H3. The smallest absolute Gasteiger partial charge is 0.248 e. The molecule has 5 nitrogen and oxygen atoms in total. The van der Waals surface area contributed by atoms with Crippen molar-refractivity contribution in [2.75, 3.05) is 32.8 Å². The number of hydrogen-bond donors (Lipinski definition) is 0. The van der Waals surface area contributed by atoms with Crippen molar-refractivity contribution in [1.29, 1.82) is 0 Å². The maximum atomic E-state index is 12.9. The lowest BCUT2D eigenvalue weighted by Crippen LogP contribution is -2.47. The lowest BCUT2D eigenvalue weighted by atomic mass is 9.78. The molecule has 1 saturated carbocycles. The second-order valence-corrected chi connectivity index (χ2v) is 9.52. The van der Waals surface area contributed by atoms with Gasteiger partial charge in [-0.25, -0.2) is 0 Å². The third-order valence-corrected chi connectivity index (χ3v) is 7.25. The van der Waals surface area contributed by atoms with E-state index in [9.17, 15) is 9.59 Å². The van der Waals surface area contributed by atoms with Crippen LogP contribution in [-0.2, 0) is 14.3 Å². The van der Waals surface area contributed by atoms with Gasteiger partial charge >= 0.3 is 0 Å². The molecule has 0 unspecified atom stereocenters. The van der Waals surface area contributed by atoms with Gasteiger partial charge in [0.25, 0.3) is 0 Å². The van der Waals surface area contributed by atoms with Crippen molar-refractivity contribution in [3.05, 3.63) is 0 Å². The predicted octanol–water partition coefficient (Wildman–Crippen LogP) is 3.32. The zero-order valence-corrected chi connectivity index (χ0v) is 17.7. The summed E-state index contributed by atoms with van der Waals surface area (Å²) in [6.45, 7) is 12.1. The average Bonchev–Trinajstić information content (AvgIpc) is 3.48. The quantitative estimate of drug-likeness (QED) is 0.712. The van der Waals surface area contributed by atoms with Gasteiger partial charge < -0.3 is 14.5 Å². The average molecular weight is 379 g/mol. The van der Waals surface area contributed by atoms with E-state index in [1.807, 2.05) is 18.7 Å². The van der Waals surface area contributed by atoms with Crippen LogP contribution < -0.4 is 0 Å². The summed E-state index contributed by atoms with van der Waals surface area (Å²) in [7, 11) is 0. The molecule has 3 rings (SSSR count). The molecular weight excluding hydrogens is 340 g/mol. The Bertz CT molecular complexity index is 526. The Labute approximate surface area is 164 Å². The van der Waals surface area contributed by atoms with Crippen LogP contribution in [0, 0.1) is 23.2 Å². The SMILES string of the molecule is CC(C)OCC(=O)N1CCC(C2CCN(C(=O)C3(C(C)C)CC3)CC2)CC1. The fraction of sp³-hybridized carbons (Fsp3) is 0.909. The molecule has 0 N–H and O–H groups in total. The van der Waals surface area contributed by atoms with Crippen LogP contribution in [0.15, 0.2) is 0 Å². The molecule has 0 bridgehead atoms. The molecule has 0 spiro atoms. The van der Waals surface area contributed by atoms with Crippen molar-refractivity contribution in [2.24, 2.45) is 23.2 Å².